The minimum atomic E-state index is -2.34. The van der Waals surface area contributed by atoms with Crippen molar-refractivity contribution < 1.29 is 28.6 Å². The van der Waals surface area contributed by atoms with E-state index in [1.807, 2.05) is 95.6 Å². The second kappa shape index (κ2) is 13.9. The van der Waals surface area contributed by atoms with Gasteiger partial charge in [-0.1, -0.05) is 97.1 Å². The van der Waals surface area contributed by atoms with E-state index < -0.39 is 40.6 Å². The largest absolute Gasteiger partial charge is 0.468 e. The lowest BCUT2D eigenvalue weighted by Crippen LogP contribution is -2.56. The van der Waals surface area contributed by atoms with Gasteiger partial charge < -0.3 is 24.1 Å². The number of amides is 1. The van der Waals surface area contributed by atoms with Gasteiger partial charge in [-0.2, -0.15) is 0 Å². The number of benzene rings is 3. The van der Waals surface area contributed by atoms with Gasteiger partial charge >= 0.3 is 18.0 Å². The Hall–Kier alpha value is -5.77. The van der Waals surface area contributed by atoms with Gasteiger partial charge in [-0.15, -0.1) is 0 Å². The molecule has 0 fully saturated rings. The van der Waals surface area contributed by atoms with Crippen molar-refractivity contribution in [2.24, 2.45) is 0 Å². The minimum absolute atomic E-state index is 0.0294. The molecule has 1 unspecified atom stereocenters. The van der Waals surface area contributed by atoms with Crippen LogP contribution in [0.25, 0.3) is 0 Å². The van der Waals surface area contributed by atoms with Gasteiger partial charge in [0.05, 0.1) is 32.3 Å². The van der Waals surface area contributed by atoms with E-state index in [9.17, 15) is 14.4 Å². The topological polar surface area (TPSA) is 122 Å². The molecule has 1 amide bonds. The summed E-state index contributed by atoms with van der Waals surface area (Å²) in [6, 6.07) is 31.4. The maximum Gasteiger partial charge on any atom is 0.408 e. The first kappa shape index (κ1) is 33.6. The van der Waals surface area contributed by atoms with E-state index in [-0.39, 0.29) is 5.69 Å². The molecule has 0 saturated carbocycles. The number of imidazole rings is 1. The van der Waals surface area contributed by atoms with Crippen LogP contribution in [-0.4, -0.2) is 52.4 Å². The standard InChI is InChI=1S/C38H38N4O6/c1-36(2,3)48-35(45)41-32(27-16-15-23-39-24-27)37(33(43)46-4,34(44)47-5)31-25-42(26-40-31)38(28-17-9-6-10-18-28,29-19-11-7-12-20-29)30-21-13-8-14-22-30/h6-26,32H,1-5H3,(H,41,45). The molecular formula is C38H38N4O6. The molecule has 1 atom stereocenters. The number of alkyl carbamates (subject to hydrolysis) is 1. The Morgan fingerprint density at radius 1 is 0.729 bits per heavy atom. The van der Waals surface area contributed by atoms with Gasteiger partial charge in [-0.25, -0.2) is 9.78 Å². The number of nitrogens with zero attached hydrogens (tertiary/aromatic N) is 3. The van der Waals surface area contributed by atoms with Crippen LogP contribution in [0.1, 0.15) is 54.8 Å². The first-order valence-corrected chi connectivity index (χ1v) is 15.4. The fraction of sp³-hybridized carbons (Fsp3) is 0.237. The summed E-state index contributed by atoms with van der Waals surface area (Å²) in [5.41, 5.74) is -1.28. The maximum atomic E-state index is 14.2. The Labute approximate surface area is 279 Å². The minimum Gasteiger partial charge on any atom is -0.468 e. The molecule has 0 aliphatic rings. The van der Waals surface area contributed by atoms with Gasteiger partial charge in [0, 0.05) is 18.6 Å². The number of methoxy groups -OCH3 is 2. The predicted octanol–water partition coefficient (Wildman–Crippen LogP) is 5.97. The third-order valence-electron chi connectivity index (χ3n) is 8.08. The van der Waals surface area contributed by atoms with Crippen molar-refractivity contribution in [1.29, 1.82) is 0 Å². The summed E-state index contributed by atoms with van der Waals surface area (Å²) in [5, 5.41) is 2.75. The average molecular weight is 647 g/mol. The molecule has 0 spiro atoms. The van der Waals surface area contributed by atoms with Gasteiger partial charge in [0.2, 0.25) is 5.41 Å². The Morgan fingerprint density at radius 3 is 1.65 bits per heavy atom. The molecule has 0 radical (unpaired) electrons. The molecule has 10 nitrogen and oxygen atoms in total. The smallest absolute Gasteiger partial charge is 0.408 e. The molecule has 0 bridgehead atoms. The summed E-state index contributed by atoms with van der Waals surface area (Å²) < 4.78 is 18.1. The average Bonchev–Trinajstić information content (AvgIpc) is 3.59. The number of hydrogen-bond acceptors (Lipinski definition) is 8. The predicted molar refractivity (Wildman–Crippen MR) is 179 cm³/mol. The van der Waals surface area contributed by atoms with Crippen molar-refractivity contribution in [2.45, 2.75) is 43.4 Å². The van der Waals surface area contributed by atoms with E-state index >= 15 is 0 Å². The van der Waals surface area contributed by atoms with Crippen molar-refractivity contribution in [3.05, 3.63) is 156 Å². The van der Waals surface area contributed by atoms with Crippen LogP contribution in [0.3, 0.4) is 0 Å². The summed E-state index contributed by atoms with van der Waals surface area (Å²) >= 11 is 0. The number of rotatable bonds is 10. The number of pyridine rings is 1. The van der Waals surface area contributed by atoms with Gasteiger partial charge in [-0.05, 0) is 49.1 Å². The van der Waals surface area contributed by atoms with E-state index in [2.05, 4.69) is 10.3 Å². The van der Waals surface area contributed by atoms with Crippen molar-refractivity contribution in [2.75, 3.05) is 14.2 Å². The normalized spacial score (nSPS) is 12.4. The second-order valence-electron chi connectivity index (χ2n) is 12.1. The van der Waals surface area contributed by atoms with Crippen LogP contribution in [0, 0.1) is 0 Å². The number of hydrogen-bond donors (Lipinski definition) is 1. The third kappa shape index (κ3) is 6.16. The maximum absolute atomic E-state index is 14.2. The molecule has 0 saturated heterocycles. The first-order chi connectivity index (χ1) is 23.1. The highest BCUT2D eigenvalue weighted by Crippen LogP contribution is 2.44. The number of carbonyl (C=O) groups is 3. The fourth-order valence-electron chi connectivity index (χ4n) is 6.11. The second-order valence-corrected chi connectivity index (χ2v) is 12.1. The van der Waals surface area contributed by atoms with Gasteiger partial charge in [0.1, 0.15) is 11.1 Å². The van der Waals surface area contributed by atoms with Crippen LogP contribution in [-0.2, 0) is 34.8 Å². The van der Waals surface area contributed by atoms with Crippen LogP contribution in [0.4, 0.5) is 4.79 Å². The molecule has 5 rings (SSSR count). The molecule has 2 heterocycles. The van der Waals surface area contributed by atoms with Crippen LogP contribution < -0.4 is 5.32 Å². The number of esters is 2. The van der Waals surface area contributed by atoms with Crippen LogP contribution in [0.15, 0.2) is 128 Å². The van der Waals surface area contributed by atoms with Gasteiger partial charge in [0.25, 0.3) is 0 Å². The summed E-state index contributed by atoms with van der Waals surface area (Å²) in [6.45, 7) is 5.12. The fourth-order valence-corrected chi connectivity index (χ4v) is 6.11. The van der Waals surface area contributed by atoms with Crippen molar-refractivity contribution in [1.82, 2.24) is 19.9 Å². The summed E-state index contributed by atoms with van der Waals surface area (Å²) in [7, 11) is 2.32. The van der Waals surface area contributed by atoms with Crippen molar-refractivity contribution in [3.63, 3.8) is 0 Å². The Balaban J connectivity index is 1.84. The lowest BCUT2D eigenvalue weighted by molar-refractivity contribution is -0.164. The Morgan fingerprint density at radius 2 is 1.23 bits per heavy atom. The number of nitrogens with one attached hydrogen (secondary N) is 1. The van der Waals surface area contributed by atoms with E-state index in [0.717, 1.165) is 30.9 Å². The molecule has 2 aromatic heterocycles. The molecule has 0 aliphatic heterocycles. The zero-order valence-corrected chi connectivity index (χ0v) is 27.5. The summed E-state index contributed by atoms with van der Waals surface area (Å²) in [6.07, 6.45) is 5.30. The molecular weight excluding hydrogens is 608 g/mol. The molecule has 48 heavy (non-hydrogen) atoms. The van der Waals surface area contributed by atoms with E-state index in [0.29, 0.717) is 5.56 Å². The van der Waals surface area contributed by atoms with Crippen molar-refractivity contribution in [3.8, 4) is 0 Å². The lowest BCUT2D eigenvalue weighted by Gasteiger charge is -2.38. The lowest BCUT2D eigenvalue weighted by atomic mass is 9.74. The summed E-state index contributed by atoms with van der Waals surface area (Å²) in [5.74, 6) is -2.01. The zero-order valence-electron chi connectivity index (χ0n) is 27.5. The van der Waals surface area contributed by atoms with Crippen LogP contribution in [0.5, 0.6) is 0 Å². The molecule has 10 heteroatoms. The molecule has 246 valence electrons. The first-order valence-electron chi connectivity index (χ1n) is 15.4. The molecule has 1 N–H and O–H groups in total. The van der Waals surface area contributed by atoms with E-state index in [1.54, 1.807) is 45.4 Å². The van der Waals surface area contributed by atoms with Crippen LogP contribution >= 0.6 is 0 Å². The quantitative estimate of drug-likeness (QED) is 0.0853. The highest BCUT2D eigenvalue weighted by Gasteiger charge is 2.60. The number of ether oxygens (including phenoxy) is 3. The zero-order chi connectivity index (χ0) is 34.4. The molecule has 5 aromatic rings. The summed E-state index contributed by atoms with van der Waals surface area (Å²) in [4.78, 5) is 50.7. The monoisotopic (exact) mass is 646 g/mol. The highest BCUT2D eigenvalue weighted by atomic mass is 16.6. The van der Waals surface area contributed by atoms with Crippen molar-refractivity contribution >= 4 is 18.0 Å². The number of carbonyl (C=O) groups excluding carboxylic acids is 3. The Kier molecular flexibility index (Phi) is 9.74. The third-order valence-corrected chi connectivity index (χ3v) is 8.08. The van der Waals surface area contributed by atoms with Crippen LogP contribution in [0.2, 0.25) is 0 Å². The Bertz CT molecular complexity index is 1730. The van der Waals surface area contributed by atoms with Gasteiger partial charge in [0.15, 0.2) is 0 Å². The number of aromatic nitrogens is 3. The molecule has 3 aromatic carbocycles. The molecule has 0 aliphatic carbocycles. The van der Waals surface area contributed by atoms with E-state index in [1.165, 1.54) is 12.4 Å². The van der Waals surface area contributed by atoms with Gasteiger partial charge in [-0.3, -0.25) is 14.6 Å². The SMILES string of the molecule is COC(=O)C(C(=O)OC)(c1cn(C(c2ccccc2)(c2ccccc2)c2ccccc2)cn1)C(NC(=O)OC(C)(C)C)c1cccnc1. The highest BCUT2D eigenvalue weighted by molar-refractivity contribution is 6.07. The van der Waals surface area contributed by atoms with E-state index in [4.69, 9.17) is 19.2 Å².